The number of rotatable bonds is 4. The highest BCUT2D eigenvalue weighted by Crippen LogP contribution is 2.31. The molecule has 0 aliphatic carbocycles. The summed E-state index contributed by atoms with van der Waals surface area (Å²) in [4.78, 5) is 22.8. The van der Waals surface area contributed by atoms with Crippen molar-refractivity contribution in [2.24, 2.45) is 5.73 Å². The van der Waals surface area contributed by atoms with E-state index in [4.69, 9.17) is 22.3 Å². The van der Waals surface area contributed by atoms with Gasteiger partial charge in [0.25, 0.3) is 0 Å². The molecular formula is C21H24ClN5O. The number of aromatic amines is 1. The average Bonchev–Trinajstić information content (AvgIpc) is 3.15. The molecule has 1 unspecified atom stereocenters. The quantitative estimate of drug-likeness (QED) is 0.619. The number of H-pyrrole nitrogens is 1. The number of nitrogens with one attached hydrogen (secondary N) is 2. The summed E-state index contributed by atoms with van der Waals surface area (Å²) in [5.41, 5.74) is 9.53. The van der Waals surface area contributed by atoms with Crippen LogP contribution in [0.25, 0.3) is 11.0 Å². The minimum atomic E-state index is -0.0638. The van der Waals surface area contributed by atoms with Crippen LogP contribution in [0, 0.1) is 0 Å². The summed E-state index contributed by atoms with van der Waals surface area (Å²) in [5, 5.41) is 3.71. The van der Waals surface area contributed by atoms with Crippen molar-refractivity contribution >= 4 is 28.7 Å². The van der Waals surface area contributed by atoms with E-state index in [0.717, 1.165) is 53.8 Å². The van der Waals surface area contributed by atoms with E-state index >= 15 is 0 Å². The lowest BCUT2D eigenvalue weighted by molar-refractivity contribution is 0.147. The molecule has 0 spiro atoms. The van der Waals surface area contributed by atoms with Crippen molar-refractivity contribution in [3.05, 3.63) is 64.4 Å². The van der Waals surface area contributed by atoms with Gasteiger partial charge in [-0.05, 0) is 48.6 Å². The van der Waals surface area contributed by atoms with Gasteiger partial charge in [0, 0.05) is 24.7 Å². The molecule has 146 valence electrons. The van der Waals surface area contributed by atoms with E-state index in [1.165, 1.54) is 0 Å². The second-order valence-corrected chi connectivity index (χ2v) is 7.60. The number of carbonyl (C=O) groups is 1. The Labute approximate surface area is 169 Å². The number of urea groups is 1. The summed E-state index contributed by atoms with van der Waals surface area (Å²) in [6, 6.07) is 13.5. The van der Waals surface area contributed by atoms with Crippen LogP contribution >= 0.6 is 11.6 Å². The summed E-state index contributed by atoms with van der Waals surface area (Å²) in [6.07, 6.45) is 2.97. The third kappa shape index (κ3) is 3.98. The van der Waals surface area contributed by atoms with Crippen LogP contribution in [0.1, 0.15) is 42.3 Å². The van der Waals surface area contributed by atoms with Crippen LogP contribution in [-0.2, 0) is 13.1 Å². The Morgan fingerprint density at radius 1 is 1.21 bits per heavy atom. The van der Waals surface area contributed by atoms with Crippen molar-refractivity contribution in [1.29, 1.82) is 0 Å². The van der Waals surface area contributed by atoms with Gasteiger partial charge in [-0.1, -0.05) is 35.9 Å². The first-order chi connectivity index (χ1) is 13.6. The van der Waals surface area contributed by atoms with Crippen LogP contribution in [0.2, 0.25) is 5.02 Å². The molecule has 1 saturated heterocycles. The molecule has 1 aliphatic rings. The molecule has 0 saturated carbocycles. The topological polar surface area (TPSA) is 87.0 Å². The van der Waals surface area contributed by atoms with Gasteiger partial charge >= 0.3 is 6.03 Å². The third-order valence-electron chi connectivity index (χ3n) is 5.24. The number of carbonyl (C=O) groups excluding carboxylic acids is 1. The number of hydrogen-bond donors (Lipinski definition) is 3. The number of likely N-dealkylation sites (tertiary alicyclic amines) is 1. The van der Waals surface area contributed by atoms with Crippen molar-refractivity contribution in [2.45, 2.75) is 38.4 Å². The van der Waals surface area contributed by atoms with E-state index in [-0.39, 0.29) is 12.1 Å². The number of piperidine rings is 1. The number of benzene rings is 2. The van der Waals surface area contributed by atoms with Crippen LogP contribution in [0.3, 0.4) is 0 Å². The molecule has 2 amide bonds. The molecule has 2 heterocycles. The first-order valence-electron chi connectivity index (χ1n) is 9.61. The minimum Gasteiger partial charge on any atom is -0.340 e. The lowest BCUT2D eigenvalue weighted by atomic mass is 10.0. The fourth-order valence-electron chi connectivity index (χ4n) is 3.69. The molecule has 1 aliphatic heterocycles. The number of nitrogens with two attached hydrogens (primary N) is 1. The maximum absolute atomic E-state index is 12.9. The molecule has 0 bridgehead atoms. The lowest BCUT2D eigenvalue weighted by Crippen LogP contribution is -2.44. The van der Waals surface area contributed by atoms with Crippen molar-refractivity contribution in [2.75, 3.05) is 6.54 Å². The highest BCUT2D eigenvalue weighted by Gasteiger charge is 2.30. The third-order valence-corrected chi connectivity index (χ3v) is 5.48. The van der Waals surface area contributed by atoms with Gasteiger partial charge in [0.1, 0.15) is 5.82 Å². The maximum atomic E-state index is 12.9. The molecule has 1 atom stereocenters. The van der Waals surface area contributed by atoms with E-state index in [9.17, 15) is 4.79 Å². The predicted octanol–water partition coefficient (Wildman–Crippen LogP) is 4.11. The van der Waals surface area contributed by atoms with E-state index in [1.807, 2.05) is 47.4 Å². The zero-order valence-corrected chi connectivity index (χ0v) is 16.4. The van der Waals surface area contributed by atoms with Gasteiger partial charge in [-0.25, -0.2) is 9.78 Å². The second kappa shape index (κ2) is 8.20. The van der Waals surface area contributed by atoms with Gasteiger partial charge in [0.05, 0.1) is 17.1 Å². The molecule has 7 heteroatoms. The van der Waals surface area contributed by atoms with E-state index < -0.39 is 0 Å². The number of fused-ring (bicyclic) bond motifs is 1. The van der Waals surface area contributed by atoms with Crippen molar-refractivity contribution < 1.29 is 4.79 Å². The molecule has 4 rings (SSSR count). The number of imidazole rings is 1. The van der Waals surface area contributed by atoms with E-state index in [0.29, 0.717) is 18.1 Å². The highest BCUT2D eigenvalue weighted by molar-refractivity contribution is 6.31. The van der Waals surface area contributed by atoms with Gasteiger partial charge in [0.2, 0.25) is 0 Å². The fraction of sp³-hybridized carbons (Fsp3) is 0.333. The van der Waals surface area contributed by atoms with Crippen molar-refractivity contribution in [3.63, 3.8) is 0 Å². The van der Waals surface area contributed by atoms with Crippen LogP contribution in [-0.4, -0.2) is 27.4 Å². The summed E-state index contributed by atoms with van der Waals surface area (Å²) in [6.45, 7) is 1.73. The molecule has 1 fully saturated rings. The monoisotopic (exact) mass is 397 g/mol. The summed E-state index contributed by atoms with van der Waals surface area (Å²) in [7, 11) is 0. The van der Waals surface area contributed by atoms with Crippen LogP contribution in [0.4, 0.5) is 4.79 Å². The molecule has 6 nitrogen and oxygen atoms in total. The molecule has 1 aromatic heterocycles. The SMILES string of the molecule is NCc1ccc(CNC(=O)N2CCCCC2c2nc3ccc(Cl)cc3[nH]2)cc1. The first-order valence-corrected chi connectivity index (χ1v) is 9.99. The number of aromatic nitrogens is 2. The number of hydrogen-bond acceptors (Lipinski definition) is 3. The van der Waals surface area contributed by atoms with Gasteiger partial charge in [-0.15, -0.1) is 0 Å². The molecule has 0 radical (unpaired) electrons. The second-order valence-electron chi connectivity index (χ2n) is 7.17. The normalized spacial score (nSPS) is 17.1. The Balaban J connectivity index is 1.48. The van der Waals surface area contributed by atoms with Gasteiger partial charge in [-0.3, -0.25) is 0 Å². The first kappa shape index (κ1) is 18.8. The van der Waals surface area contributed by atoms with E-state index in [1.54, 1.807) is 0 Å². The van der Waals surface area contributed by atoms with Gasteiger partial charge in [-0.2, -0.15) is 0 Å². The fourth-order valence-corrected chi connectivity index (χ4v) is 3.86. The van der Waals surface area contributed by atoms with Gasteiger partial charge < -0.3 is 20.9 Å². The number of halogens is 1. The Kier molecular flexibility index (Phi) is 5.50. The number of nitrogens with zero attached hydrogens (tertiary/aromatic N) is 2. The molecule has 28 heavy (non-hydrogen) atoms. The summed E-state index contributed by atoms with van der Waals surface area (Å²) >= 11 is 6.08. The highest BCUT2D eigenvalue weighted by atomic mass is 35.5. The lowest BCUT2D eigenvalue weighted by Gasteiger charge is -2.34. The number of amides is 2. The predicted molar refractivity (Wildman–Crippen MR) is 111 cm³/mol. The molecule has 4 N–H and O–H groups in total. The molecular weight excluding hydrogens is 374 g/mol. The standard InChI is InChI=1S/C21H24ClN5O/c22-16-8-9-17-18(11-16)26-20(25-17)19-3-1-2-10-27(19)21(28)24-13-15-6-4-14(12-23)5-7-15/h4-9,11,19H,1-3,10,12-13,23H2,(H,24,28)(H,25,26). The smallest absolute Gasteiger partial charge is 0.318 e. The Bertz CT molecular complexity index is 969. The molecule has 2 aromatic carbocycles. The van der Waals surface area contributed by atoms with Crippen LogP contribution in [0.15, 0.2) is 42.5 Å². The Morgan fingerprint density at radius 2 is 2.00 bits per heavy atom. The average molecular weight is 398 g/mol. The van der Waals surface area contributed by atoms with Crippen LogP contribution in [0.5, 0.6) is 0 Å². The zero-order valence-electron chi connectivity index (χ0n) is 15.6. The zero-order chi connectivity index (χ0) is 19.5. The van der Waals surface area contributed by atoms with Gasteiger partial charge in [0.15, 0.2) is 0 Å². The van der Waals surface area contributed by atoms with E-state index in [2.05, 4.69) is 10.3 Å². The largest absolute Gasteiger partial charge is 0.340 e. The molecule has 3 aromatic rings. The van der Waals surface area contributed by atoms with Crippen molar-refractivity contribution in [3.8, 4) is 0 Å². The summed E-state index contributed by atoms with van der Waals surface area (Å²) < 4.78 is 0. The minimum absolute atomic E-state index is 0.0560. The van der Waals surface area contributed by atoms with Crippen LogP contribution < -0.4 is 11.1 Å². The summed E-state index contributed by atoms with van der Waals surface area (Å²) in [5.74, 6) is 0.819. The van der Waals surface area contributed by atoms with Crippen molar-refractivity contribution in [1.82, 2.24) is 20.2 Å². The Morgan fingerprint density at radius 3 is 2.79 bits per heavy atom. The maximum Gasteiger partial charge on any atom is 0.318 e. The Hall–Kier alpha value is -2.57.